The van der Waals surface area contributed by atoms with Gasteiger partial charge in [-0.3, -0.25) is 4.57 Å². The number of pyridine rings is 1. The molecule has 3 aromatic heterocycles. The molecular weight excluding hydrogens is 639 g/mol. The van der Waals surface area contributed by atoms with Gasteiger partial charge in [0.1, 0.15) is 17.3 Å². The summed E-state index contributed by atoms with van der Waals surface area (Å²) >= 11 is 0. The Hall–Kier alpha value is -6.27. The zero-order chi connectivity index (χ0) is 40.6. The van der Waals surface area contributed by atoms with Crippen LogP contribution in [0.1, 0.15) is 40.1 Å². The number of rotatable bonds is 6. The third kappa shape index (κ3) is 5.39. The van der Waals surface area contributed by atoms with Crippen LogP contribution in [0.4, 0.5) is 5.69 Å². The molecule has 0 radical (unpaired) electrons. The summed E-state index contributed by atoms with van der Waals surface area (Å²) in [6, 6.07) is 41.6. The Bertz CT molecular complexity index is 2870. The molecule has 6 heteroatoms. The number of hydrogen-bond acceptors (Lipinski definition) is 4. The van der Waals surface area contributed by atoms with Gasteiger partial charge in [0.15, 0.2) is 0 Å². The predicted octanol–water partition coefficient (Wildman–Crippen LogP) is 11.4. The summed E-state index contributed by atoms with van der Waals surface area (Å²) in [7, 11) is 0. The van der Waals surface area contributed by atoms with Crippen LogP contribution in [0, 0.1) is 6.85 Å². The van der Waals surface area contributed by atoms with Crippen molar-refractivity contribution in [3.8, 4) is 34.1 Å². The van der Waals surface area contributed by atoms with Crippen LogP contribution in [0.2, 0.25) is 0 Å². The number of fused-ring (bicyclic) bond motifs is 5. The largest absolute Gasteiger partial charge is 0.457 e. The third-order valence-corrected chi connectivity index (χ3v) is 9.81. The third-order valence-electron chi connectivity index (χ3n) is 9.81. The van der Waals surface area contributed by atoms with Crippen molar-refractivity contribution in [2.75, 3.05) is 18.5 Å². The van der Waals surface area contributed by atoms with Crippen LogP contribution >= 0.6 is 0 Å². The van der Waals surface area contributed by atoms with Gasteiger partial charge in [-0.1, -0.05) is 87.5 Å². The number of ether oxygens (including phenoxy) is 1. The molecule has 8 aromatic rings. The number of hydrogen-bond donors (Lipinski definition) is 0. The molecule has 1 aliphatic heterocycles. The van der Waals surface area contributed by atoms with E-state index in [0.29, 0.717) is 22.9 Å². The van der Waals surface area contributed by atoms with E-state index in [1.807, 2.05) is 89.8 Å². The zero-order valence-electron chi connectivity index (χ0n) is 35.2. The van der Waals surface area contributed by atoms with Crippen LogP contribution in [0.5, 0.6) is 11.5 Å². The Kier molecular flexibility index (Phi) is 6.02. The highest BCUT2D eigenvalue weighted by Crippen LogP contribution is 2.43. The first-order chi connectivity index (χ1) is 27.6. The van der Waals surface area contributed by atoms with E-state index in [-0.39, 0.29) is 17.6 Å². The average molecular weight is 686 g/mol. The first-order valence-electron chi connectivity index (χ1n) is 20.4. The lowest BCUT2D eigenvalue weighted by atomic mass is 9.86. The molecule has 0 saturated carbocycles. The summed E-state index contributed by atoms with van der Waals surface area (Å²) in [5, 5.41) is 1.92. The molecule has 5 aromatic carbocycles. The topological polar surface area (TPSA) is 38.5 Å². The molecule has 0 atom stereocenters. The summed E-state index contributed by atoms with van der Waals surface area (Å²) in [6.45, 7) is 1.90. The Morgan fingerprint density at radius 2 is 1.42 bits per heavy atom. The maximum absolute atomic E-state index is 8.63. The monoisotopic (exact) mass is 685 g/mol. The highest BCUT2D eigenvalue weighted by Gasteiger charge is 2.24. The number of aryl methyl sites for hydroxylation is 1. The van der Waals surface area contributed by atoms with Gasteiger partial charge in [0.05, 0.1) is 28.7 Å². The Morgan fingerprint density at radius 1 is 0.673 bits per heavy atom. The summed E-state index contributed by atoms with van der Waals surface area (Å²) in [5.74, 6) is 1.63. The van der Waals surface area contributed by atoms with Crippen LogP contribution in [-0.4, -0.2) is 32.7 Å². The molecule has 0 saturated heterocycles. The number of aromatic nitrogens is 3. The lowest BCUT2D eigenvalue weighted by Gasteiger charge is -2.25. The van der Waals surface area contributed by atoms with Crippen molar-refractivity contribution < 1.29 is 13.0 Å². The summed E-state index contributed by atoms with van der Waals surface area (Å²) in [5.41, 5.74) is 7.77. The standard InChI is InChI=1S/C46H41N5O/c1-31-24-43(47-29-40(31)32-14-8-6-9-15-32)51-42-28-36(52-37-26-33(46(2,3)4)25-35(27-37)49-23-22-48(5)30-49)20-21-39(42)44-45(51)38-18-12-13-19-41(38)50(44)34-16-10-7-11-17-34/h6-29H,30H2,1-5H3/i1D3,5D3. The Balaban J connectivity index is 1.26. The molecule has 52 heavy (non-hydrogen) atoms. The van der Waals surface area contributed by atoms with Crippen molar-refractivity contribution in [1.82, 2.24) is 19.0 Å². The van der Waals surface area contributed by atoms with Crippen molar-refractivity contribution in [2.45, 2.75) is 33.0 Å². The fraction of sp³-hybridized carbons (Fsp3) is 0.152. The second kappa shape index (κ2) is 12.2. The molecule has 9 rings (SSSR count). The van der Waals surface area contributed by atoms with Gasteiger partial charge in [0.25, 0.3) is 0 Å². The normalized spacial score (nSPS) is 15.4. The number of para-hydroxylation sites is 2. The zero-order valence-corrected chi connectivity index (χ0v) is 29.2. The average Bonchev–Trinajstić information content (AvgIpc) is 3.91. The molecule has 1 aliphatic rings. The lowest BCUT2D eigenvalue weighted by Crippen LogP contribution is -2.22. The van der Waals surface area contributed by atoms with Gasteiger partial charge in [-0.15, -0.1) is 0 Å². The first kappa shape index (κ1) is 25.6. The Labute approximate surface area is 312 Å². The minimum atomic E-state index is -2.42. The molecule has 256 valence electrons. The van der Waals surface area contributed by atoms with E-state index >= 15 is 0 Å². The fourth-order valence-corrected chi connectivity index (χ4v) is 7.24. The minimum absolute atomic E-state index is 0.183. The van der Waals surface area contributed by atoms with Crippen LogP contribution in [0.3, 0.4) is 0 Å². The van der Waals surface area contributed by atoms with Crippen molar-refractivity contribution in [3.05, 3.63) is 157 Å². The van der Waals surface area contributed by atoms with Crippen molar-refractivity contribution >= 4 is 38.5 Å². The second-order valence-electron chi connectivity index (χ2n) is 14.3. The van der Waals surface area contributed by atoms with Gasteiger partial charge in [0, 0.05) is 73.6 Å². The second-order valence-corrected chi connectivity index (χ2v) is 14.3. The highest BCUT2D eigenvalue weighted by molar-refractivity contribution is 6.20. The van der Waals surface area contributed by atoms with Crippen LogP contribution in [-0.2, 0) is 5.41 Å². The fourth-order valence-electron chi connectivity index (χ4n) is 7.24. The van der Waals surface area contributed by atoms with Crippen LogP contribution < -0.4 is 9.64 Å². The van der Waals surface area contributed by atoms with Gasteiger partial charge in [-0.25, -0.2) is 4.98 Å². The molecular formula is C46H41N5O. The maximum Gasteiger partial charge on any atom is 0.137 e. The van der Waals surface area contributed by atoms with E-state index in [1.54, 1.807) is 24.7 Å². The van der Waals surface area contributed by atoms with Gasteiger partial charge in [-0.05, 0) is 77.5 Å². The van der Waals surface area contributed by atoms with Crippen molar-refractivity contribution in [3.63, 3.8) is 0 Å². The quantitative estimate of drug-likeness (QED) is 0.175. The van der Waals surface area contributed by atoms with E-state index in [0.717, 1.165) is 55.3 Å². The van der Waals surface area contributed by atoms with E-state index in [9.17, 15) is 0 Å². The predicted molar refractivity (Wildman–Crippen MR) is 215 cm³/mol. The number of benzene rings is 5. The molecule has 0 bridgehead atoms. The van der Waals surface area contributed by atoms with Crippen molar-refractivity contribution in [2.24, 2.45) is 0 Å². The summed E-state index contributed by atoms with van der Waals surface area (Å²) in [4.78, 5) is 8.23. The molecule has 0 N–H and O–H groups in total. The summed E-state index contributed by atoms with van der Waals surface area (Å²) in [6.07, 6.45) is 5.03. The first-order valence-corrected chi connectivity index (χ1v) is 17.4. The molecule has 0 aliphatic carbocycles. The maximum atomic E-state index is 8.63. The molecule has 0 amide bonds. The van der Waals surface area contributed by atoms with E-state index in [4.69, 9.17) is 17.9 Å². The van der Waals surface area contributed by atoms with Crippen LogP contribution in [0.15, 0.2) is 146 Å². The number of nitrogens with zero attached hydrogens (tertiary/aromatic N) is 5. The highest BCUT2D eigenvalue weighted by atomic mass is 16.5. The Morgan fingerprint density at radius 3 is 2.19 bits per heavy atom. The molecule has 4 heterocycles. The smallest absolute Gasteiger partial charge is 0.137 e. The van der Waals surface area contributed by atoms with Crippen molar-refractivity contribution in [1.29, 1.82) is 0 Å². The van der Waals surface area contributed by atoms with E-state index in [1.165, 1.54) is 4.90 Å². The lowest BCUT2D eigenvalue weighted by molar-refractivity contribution is 0.477. The van der Waals surface area contributed by atoms with Crippen LogP contribution in [0.25, 0.3) is 55.5 Å². The number of anilines is 1. The summed E-state index contributed by atoms with van der Waals surface area (Å²) < 4.78 is 60.7. The van der Waals surface area contributed by atoms with Gasteiger partial charge >= 0.3 is 0 Å². The molecule has 0 unspecified atom stereocenters. The van der Waals surface area contributed by atoms with Gasteiger partial charge < -0.3 is 19.1 Å². The molecule has 6 nitrogen and oxygen atoms in total. The minimum Gasteiger partial charge on any atom is -0.457 e. The van der Waals surface area contributed by atoms with Gasteiger partial charge in [-0.2, -0.15) is 0 Å². The van der Waals surface area contributed by atoms with Gasteiger partial charge in [0.2, 0.25) is 0 Å². The molecule has 0 spiro atoms. The molecule has 0 fully saturated rings. The SMILES string of the molecule is [2H]C([2H])([2H])c1cc(-n2c3cc(Oc4cc(N5C=CN(C([2H])([2H])[2H])C5)cc(C(C)(C)C)c4)ccc3c3c2c2ccccc2n3-c2ccccc2)ncc1-c1ccccc1. The van der Waals surface area contributed by atoms with E-state index in [2.05, 4.69) is 66.3 Å². The van der Waals surface area contributed by atoms with E-state index < -0.39 is 13.8 Å².